The van der Waals surface area contributed by atoms with E-state index in [9.17, 15) is 4.79 Å². The lowest BCUT2D eigenvalue weighted by Gasteiger charge is -1.96. The number of rotatable bonds is 6. The largest absolute Gasteiger partial charge is 0.457 e. The minimum Gasteiger partial charge on any atom is -0.457 e. The lowest BCUT2D eigenvalue weighted by atomic mass is 10.3. The smallest absolute Gasteiger partial charge is 0.417 e. The van der Waals surface area contributed by atoms with E-state index in [0.717, 1.165) is 19.4 Å². The van der Waals surface area contributed by atoms with Gasteiger partial charge in [0.25, 0.3) is 0 Å². The fraction of sp³-hybridized carbons (Fsp3) is 0.833. The van der Waals surface area contributed by atoms with E-state index in [1.807, 2.05) is 0 Å². The van der Waals surface area contributed by atoms with E-state index in [2.05, 4.69) is 4.74 Å². The van der Waals surface area contributed by atoms with Crippen LogP contribution in [0.1, 0.15) is 12.8 Å². The summed E-state index contributed by atoms with van der Waals surface area (Å²) in [6.07, 6.45) is 1.78. The Bertz CT molecular complexity index is 63.3. The van der Waals surface area contributed by atoms with Gasteiger partial charge in [-0.2, -0.15) is 0 Å². The van der Waals surface area contributed by atoms with Crippen molar-refractivity contribution in [1.29, 1.82) is 0 Å². The summed E-state index contributed by atoms with van der Waals surface area (Å²) in [5, 5.41) is 0. The van der Waals surface area contributed by atoms with Gasteiger partial charge in [-0.3, -0.25) is 0 Å². The number of hydrogen-bond acceptors (Lipinski definition) is 3. The molecule has 0 rings (SSSR count). The molecule has 3 heteroatoms. The molecule has 1 radical (unpaired) electrons. The highest BCUT2D eigenvalue weighted by Gasteiger charge is 1.86. The number of methoxy groups -OCH3 is 1. The van der Waals surface area contributed by atoms with Crippen LogP contribution in [0.3, 0.4) is 0 Å². The third-order valence-corrected chi connectivity index (χ3v) is 0.904. The number of unbranched alkanes of at least 4 members (excludes halogenated alkanes) is 1. The predicted molar refractivity (Wildman–Crippen MR) is 32.8 cm³/mol. The van der Waals surface area contributed by atoms with Crippen molar-refractivity contribution < 1.29 is 14.3 Å². The first kappa shape index (κ1) is 8.43. The lowest BCUT2D eigenvalue weighted by molar-refractivity contribution is 0.181. The van der Waals surface area contributed by atoms with Crippen LogP contribution in [0, 0.1) is 0 Å². The Morgan fingerprint density at radius 3 is 2.56 bits per heavy atom. The quantitative estimate of drug-likeness (QED) is 0.492. The van der Waals surface area contributed by atoms with Crippen LogP contribution in [0.15, 0.2) is 0 Å². The molecule has 0 N–H and O–H groups in total. The summed E-state index contributed by atoms with van der Waals surface area (Å²) in [5.41, 5.74) is 0. The zero-order chi connectivity index (χ0) is 6.95. The van der Waals surface area contributed by atoms with Crippen molar-refractivity contribution in [3.63, 3.8) is 0 Å². The molecule has 0 aromatic carbocycles. The first-order chi connectivity index (χ1) is 4.41. The highest BCUT2D eigenvalue weighted by atomic mass is 16.5. The van der Waals surface area contributed by atoms with Crippen molar-refractivity contribution in [3.05, 3.63) is 0 Å². The molecule has 0 spiro atoms. The minimum atomic E-state index is 0.451. The monoisotopic (exact) mass is 131 g/mol. The molecule has 0 unspecified atom stereocenters. The fourth-order valence-electron chi connectivity index (χ4n) is 0.462. The van der Waals surface area contributed by atoms with E-state index in [1.54, 1.807) is 7.11 Å². The average molecular weight is 131 g/mol. The van der Waals surface area contributed by atoms with Gasteiger partial charge >= 0.3 is 6.47 Å². The summed E-state index contributed by atoms with van der Waals surface area (Å²) in [6.45, 7) is 2.53. The van der Waals surface area contributed by atoms with Gasteiger partial charge in [0, 0.05) is 13.7 Å². The zero-order valence-corrected chi connectivity index (χ0v) is 5.55. The van der Waals surface area contributed by atoms with Gasteiger partial charge < -0.3 is 9.47 Å². The van der Waals surface area contributed by atoms with Crippen LogP contribution in [-0.2, 0) is 14.3 Å². The Hall–Kier alpha value is -0.570. The van der Waals surface area contributed by atoms with Crippen LogP contribution in [0.5, 0.6) is 0 Å². The van der Waals surface area contributed by atoms with E-state index in [0.29, 0.717) is 6.61 Å². The Balaban J connectivity index is 2.66. The lowest BCUT2D eigenvalue weighted by Crippen LogP contribution is -1.94. The Kier molecular flexibility index (Phi) is 6.96. The summed E-state index contributed by atoms with van der Waals surface area (Å²) in [5.74, 6) is 0. The molecule has 0 aliphatic rings. The van der Waals surface area contributed by atoms with Gasteiger partial charge in [0.1, 0.15) is 0 Å². The summed E-state index contributed by atoms with van der Waals surface area (Å²) in [4.78, 5) is 9.46. The molecule has 0 aliphatic carbocycles. The summed E-state index contributed by atoms with van der Waals surface area (Å²) in [6, 6.07) is 0. The van der Waals surface area contributed by atoms with Crippen molar-refractivity contribution in [1.82, 2.24) is 0 Å². The van der Waals surface area contributed by atoms with E-state index < -0.39 is 0 Å². The van der Waals surface area contributed by atoms with Gasteiger partial charge in [-0.25, -0.2) is 4.79 Å². The molecule has 9 heavy (non-hydrogen) atoms. The molecular weight excluding hydrogens is 120 g/mol. The molecule has 53 valence electrons. The van der Waals surface area contributed by atoms with E-state index in [4.69, 9.17) is 4.74 Å². The van der Waals surface area contributed by atoms with Crippen LogP contribution >= 0.6 is 0 Å². The van der Waals surface area contributed by atoms with Crippen molar-refractivity contribution in [2.24, 2.45) is 0 Å². The maximum atomic E-state index is 9.46. The Labute approximate surface area is 55.0 Å². The molecule has 0 amide bonds. The molecule has 0 saturated heterocycles. The molecule has 0 aromatic heterocycles. The maximum Gasteiger partial charge on any atom is 0.417 e. The number of ether oxygens (including phenoxy) is 2. The first-order valence-electron chi connectivity index (χ1n) is 2.89. The van der Waals surface area contributed by atoms with Crippen LogP contribution in [0.2, 0.25) is 0 Å². The zero-order valence-electron chi connectivity index (χ0n) is 5.55. The number of hydrogen-bond donors (Lipinski definition) is 0. The topological polar surface area (TPSA) is 35.5 Å². The molecule has 0 aliphatic heterocycles. The molecule has 0 atom stereocenters. The Morgan fingerprint density at radius 1 is 1.33 bits per heavy atom. The van der Waals surface area contributed by atoms with Gasteiger partial charge in [0.2, 0.25) is 0 Å². The van der Waals surface area contributed by atoms with Gasteiger partial charge in [-0.05, 0) is 12.8 Å². The Morgan fingerprint density at radius 2 is 2.00 bits per heavy atom. The van der Waals surface area contributed by atoms with Crippen molar-refractivity contribution in [2.45, 2.75) is 12.8 Å². The minimum absolute atomic E-state index is 0.451. The standard InChI is InChI=1S/C6H11O3/c1-8-4-2-3-5-9-6-7/h2-5H2,1H3. The molecular formula is C6H11O3. The van der Waals surface area contributed by atoms with Crippen LogP contribution < -0.4 is 0 Å². The van der Waals surface area contributed by atoms with Gasteiger partial charge in [-0.1, -0.05) is 0 Å². The van der Waals surface area contributed by atoms with Crippen molar-refractivity contribution in [3.8, 4) is 0 Å². The van der Waals surface area contributed by atoms with E-state index in [-0.39, 0.29) is 0 Å². The third-order valence-electron chi connectivity index (χ3n) is 0.904. The third kappa shape index (κ3) is 7.43. The van der Waals surface area contributed by atoms with E-state index >= 15 is 0 Å². The molecule has 0 heterocycles. The van der Waals surface area contributed by atoms with Gasteiger partial charge in [-0.15, -0.1) is 0 Å². The summed E-state index contributed by atoms with van der Waals surface area (Å²) < 4.78 is 9.09. The molecule has 0 bridgehead atoms. The highest BCUT2D eigenvalue weighted by molar-refractivity contribution is 5.37. The second kappa shape index (κ2) is 7.43. The normalized spacial score (nSPS) is 9.00. The molecule has 0 saturated carbocycles. The molecule has 3 nitrogen and oxygen atoms in total. The number of carbonyl (C=O) groups excluding carboxylic acids is 1. The van der Waals surface area contributed by atoms with Crippen LogP contribution in [0.25, 0.3) is 0 Å². The first-order valence-corrected chi connectivity index (χ1v) is 2.89. The van der Waals surface area contributed by atoms with Crippen molar-refractivity contribution >= 4 is 6.47 Å². The fourth-order valence-corrected chi connectivity index (χ4v) is 0.462. The predicted octanol–water partition coefficient (Wildman–Crippen LogP) is 0.497. The van der Waals surface area contributed by atoms with Crippen LogP contribution in [0.4, 0.5) is 0 Å². The average Bonchev–Trinajstić information content (AvgIpc) is 1.89. The second-order valence-corrected chi connectivity index (χ2v) is 1.63. The summed E-state index contributed by atoms with van der Waals surface area (Å²) in [7, 11) is 1.65. The SMILES string of the molecule is COCCCCO[C]=O. The van der Waals surface area contributed by atoms with Gasteiger partial charge in [0.05, 0.1) is 6.61 Å². The maximum absolute atomic E-state index is 9.46. The van der Waals surface area contributed by atoms with Gasteiger partial charge in [0.15, 0.2) is 0 Å². The van der Waals surface area contributed by atoms with Crippen molar-refractivity contribution in [2.75, 3.05) is 20.3 Å². The second-order valence-electron chi connectivity index (χ2n) is 1.63. The summed E-state index contributed by atoms with van der Waals surface area (Å²) >= 11 is 0. The highest BCUT2D eigenvalue weighted by Crippen LogP contribution is 1.87. The molecule has 0 aromatic rings. The van der Waals surface area contributed by atoms with E-state index in [1.165, 1.54) is 6.47 Å². The van der Waals surface area contributed by atoms with Crippen LogP contribution in [-0.4, -0.2) is 26.8 Å². The molecule has 0 fully saturated rings.